The number of hydrogen-bond donors (Lipinski definition) is 5. The summed E-state index contributed by atoms with van der Waals surface area (Å²) in [5.74, 6) is 0.168. The van der Waals surface area contributed by atoms with Gasteiger partial charge in [0.05, 0.1) is 23.7 Å². The van der Waals surface area contributed by atoms with Crippen molar-refractivity contribution in [3.05, 3.63) is 83.4 Å². The van der Waals surface area contributed by atoms with Crippen LogP contribution >= 0.6 is 11.8 Å². The molecule has 3 aromatic rings. The molecule has 2 aliphatic rings. The number of hydrogen-bond acceptors (Lipinski definition) is 6. The van der Waals surface area contributed by atoms with Crippen molar-refractivity contribution in [3.63, 3.8) is 0 Å². The summed E-state index contributed by atoms with van der Waals surface area (Å²) < 4.78 is 0. The Bertz CT molecular complexity index is 1600. The van der Waals surface area contributed by atoms with Gasteiger partial charge in [-0.15, -0.1) is 0 Å². The molecule has 5 atom stereocenters. The largest absolute Gasteiger partial charge is 0.356 e. The lowest BCUT2D eigenvalue weighted by atomic mass is 9.98. The average molecular weight is 672 g/mol. The number of aryl methyl sites for hydroxylation is 1. The van der Waals surface area contributed by atoms with Gasteiger partial charge in [0.2, 0.25) is 11.8 Å². The second-order valence-corrected chi connectivity index (χ2v) is 13.9. The lowest BCUT2D eigenvalue weighted by molar-refractivity contribution is -0.125. The van der Waals surface area contributed by atoms with Gasteiger partial charge in [0.15, 0.2) is 0 Å². The fraction of sp³-hybridized carbons (Fsp3) is 0.432. The van der Waals surface area contributed by atoms with Crippen molar-refractivity contribution in [1.82, 2.24) is 26.6 Å². The first-order valence-electron chi connectivity index (χ1n) is 16.9. The summed E-state index contributed by atoms with van der Waals surface area (Å²) in [7, 11) is 0. The quantitative estimate of drug-likeness (QED) is 0.0827. The maximum atomic E-state index is 13.6. The summed E-state index contributed by atoms with van der Waals surface area (Å²) in [5, 5.41) is 16.8. The van der Waals surface area contributed by atoms with E-state index in [2.05, 4.69) is 26.6 Å². The molecule has 0 aromatic heterocycles. The molecule has 0 bridgehead atoms. The molecule has 2 aliphatic heterocycles. The number of rotatable bonds is 17. The zero-order valence-corrected chi connectivity index (χ0v) is 28.2. The van der Waals surface area contributed by atoms with Gasteiger partial charge in [-0.3, -0.25) is 14.4 Å². The molecule has 2 saturated heterocycles. The number of nitrogens with one attached hydrogen (secondary N) is 5. The lowest BCUT2D eigenvalue weighted by Crippen LogP contribution is -2.51. The second kappa shape index (κ2) is 17.1. The van der Waals surface area contributed by atoms with Crippen LogP contribution in [0.5, 0.6) is 0 Å². The first-order valence-corrected chi connectivity index (χ1v) is 17.9. The predicted molar refractivity (Wildman–Crippen MR) is 189 cm³/mol. The van der Waals surface area contributed by atoms with Crippen molar-refractivity contribution in [2.75, 3.05) is 12.3 Å². The van der Waals surface area contributed by atoms with Crippen LogP contribution in [0, 0.1) is 6.92 Å². The molecule has 11 heteroatoms. The summed E-state index contributed by atoms with van der Waals surface area (Å²) in [5.41, 5.74) is 2.22. The maximum Gasteiger partial charge on any atom is 0.315 e. The van der Waals surface area contributed by atoms with Crippen molar-refractivity contribution in [3.8, 4) is 0 Å². The van der Waals surface area contributed by atoms with E-state index in [0.29, 0.717) is 43.0 Å². The fourth-order valence-corrected chi connectivity index (χ4v) is 8.05. The van der Waals surface area contributed by atoms with E-state index in [0.717, 1.165) is 53.2 Å². The zero-order valence-electron chi connectivity index (χ0n) is 27.3. The van der Waals surface area contributed by atoms with Crippen molar-refractivity contribution >= 4 is 52.6 Å². The van der Waals surface area contributed by atoms with Gasteiger partial charge in [-0.2, -0.15) is 11.8 Å². The summed E-state index contributed by atoms with van der Waals surface area (Å²) in [6.07, 6.45) is 5.88. The molecular weight excluding hydrogens is 627 g/mol. The van der Waals surface area contributed by atoms with Crippen molar-refractivity contribution < 1.29 is 24.0 Å². The maximum absolute atomic E-state index is 13.6. The van der Waals surface area contributed by atoms with Crippen LogP contribution in [-0.2, 0) is 20.8 Å². The van der Waals surface area contributed by atoms with Crippen LogP contribution in [0.1, 0.15) is 66.4 Å². The molecule has 0 unspecified atom stereocenters. The Hall–Kier alpha value is -4.38. The Balaban J connectivity index is 1.05. The molecule has 3 aromatic carbocycles. The summed E-state index contributed by atoms with van der Waals surface area (Å²) in [4.78, 5) is 63.0. The fourth-order valence-electron chi connectivity index (χ4n) is 6.51. The van der Waals surface area contributed by atoms with Gasteiger partial charge in [-0.1, -0.05) is 73.2 Å². The van der Waals surface area contributed by atoms with Crippen LogP contribution in [-0.4, -0.2) is 71.8 Å². The van der Waals surface area contributed by atoms with Gasteiger partial charge in [0.25, 0.3) is 5.91 Å². The van der Waals surface area contributed by atoms with Gasteiger partial charge < -0.3 is 31.4 Å². The molecule has 0 spiro atoms. The molecule has 2 heterocycles. The van der Waals surface area contributed by atoms with Crippen molar-refractivity contribution in [1.29, 1.82) is 0 Å². The Morgan fingerprint density at radius 3 is 2.54 bits per heavy atom. The third-order valence-corrected chi connectivity index (χ3v) is 10.6. The van der Waals surface area contributed by atoms with E-state index >= 15 is 0 Å². The van der Waals surface area contributed by atoms with Gasteiger partial charge >= 0.3 is 6.03 Å². The monoisotopic (exact) mass is 671 g/mol. The smallest absolute Gasteiger partial charge is 0.315 e. The summed E-state index contributed by atoms with van der Waals surface area (Å²) in [6.45, 7) is 2.37. The minimum Gasteiger partial charge on any atom is -0.356 e. The van der Waals surface area contributed by atoms with Crippen LogP contribution in [0.2, 0.25) is 0 Å². The molecule has 5 rings (SSSR count). The Morgan fingerprint density at radius 2 is 1.73 bits per heavy atom. The average Bonchev–Trinajstić information content (AvgIpc) is 3.64. The number of fused-ring (bicyclic) bond motifs is 2. The molecule has 0 aliphatic carbocycles. The minimum absolute atomic E-state index is 0.00366. The van der Waals surface area contributed by atoms with E-state index in [1.807, 2.05) is 85.4 Å². The zero-order chi connectivity index (χ0) is 33.9. The first kappa shape index (κ1) is 34.9. The molecule has 0 radical (unpaired) electrons. The first-order chi connectivity index (χ1) is 23.3. The number of amides is 5. The highest BCUT2D eigenvalue weighted by molar-refractivity contribution is 8.00. The highest BCUT2D eigenvalue weighted by Gasteiger charge is 2.42. The molecule has 2 fully saturated rings. The number of aldehydes is 1. The van der Waals surface area contributed by atoms with Gasteiger partial charge in [0, 0.05) is 30.4 Å². The normalized spacial score (nSPS) is 19.4. The summed E-state index contributed by atoms with van der Waals surface area (Å²) >= 11 is 1.88. The number of urea groups is 1. The molecule has 5 N–H and O–H groups in total. The number of carbonyl (C=O) groups excluding carboxylic acids is 5. The topological polar surface area (TPSA) is 146 Å². The highest BCUT2D eigenvalue weighted by Crippen LogP contribution is 2.33. The third kappa shape index (κ3) is 9.37. The number of benzene rings is 3. The van der Waals surface area contributed by atoms with Gasteiger partial charge in [-0.25, -0.2) is 4.79 Å². The Kier molecular flexibility index (Phi) is 12.5. The van der Waals surface area contributed by atoms with Crippen molar-refractivity contribution in [2.45, 2.75) is 87.7 Å². The van der Waals surface area contributed by atoms with E-state index in [1.165, 1.54) is 0 Å². The van der Waals surface area contributed by atoms with E-state index in [9.17, 15) is 24.0 Å². The van der Waals surface area contributed by atoms with E-state index < -0.39 is 18.0 Å². The van der Waals surface area contributed by atoms with E-state index in [4.69, 9.17) is 0 Å². The number of carbonyl (C=O) groups is 5. The van der Waals surface area contributed by atoms with E-state index in [-0.39, 0.29) is 36.3 Å². The number of thioether (sulfide) groups is 1. The molecule has 10 nitrogen and oxygen atoms in total. The predicted octanol–water partition coefficient (Wildman–Crippen LogP) is 4.19. The summed E-state index contributed by atoms with van der Waals surface area (Å²) in [6, 6.07) is 19.7. The molecular formula is C37H45N5O5S. The molecule has 0 saturated carbocycles. The van der Waals surface area contributed by atoms with Crippen molar-refractivity contribution in [2.24, 2.45) is 0 Å². The molecule has 48 heavy (non-hydrogen) atoms. The third-order valence-electron chi connectivity index (χ3n) is 9.11. The molecule has 254 valence electrons. The van der Waals surface area contributed by atoms with Crippen LogP contribution in [0.15, 0.2) is 66.7 Å². The minimum atomic E-state index is -0.887. The SMILES string of the molecule is Cc1ccc2ccccc2c1C(=O)N[C@@H](Cc1ccccc1)C(=O)N[C@H](C=O)CCCCNC(=O)CCCC[C@@H]1SC[C@@H]2NC(=O)N[C@@H]21. The molecule has 5 amide bonds. The van der Waals surface area contributed by atoms with Crippen LogP contribution in [0.25, 0.3) is 10.8 Å². The van der Waals surface area contributed by atoms with Crippen LogP contribution < -0.4 is 26.6 Å². The lowest BCUT2D eigenvalue weighted by Gasteiger charge is -2.22. The highest BCUT2D eigenvalue weighted by atomic mass is 32.2. The van der Waals surface area contributed by atoms with Gasteiger partial charge in [0.1, 0.15) is 12.3 Å². The number of unbranched alkanes of at least 4 members (excludes halogenated alkanes) is 2. The second-order valence-electron chi connectivity index (χ2n) is 12.7. The van der Waals surface area contributed by atoms with Crippen LogP contribution in [0.4, 0.5) is 4.79 Å². The Labute approximate surface area is 286 Å². The Morgan fingerprint density at radius 1 is 0.938 bits per heavy atom. The van der Waals surface area contributed by atoms with Crippen LogP contribution in [0.3, 0.4) is 0 Å². The standard InChI is InChI=1S/C37H45N5O5S/c1-24-18-19-26-13-5-6-15-28(26)33(24)36(46)40-29(21-25-11-3-2-4-12-25)35(45)39-27(22-43)14-9-10-20-38-32(44)17-8-7-16-31-34-30(23-48-31)41-37(47)42-34/h2-6,11-13,15,18-19,22,27,29-31,34H,7-10,14,16-17,20-21,23H2,1H3,(H,38,44)(H,39,45)(H,40,46)(H2,41,42,47)/t27-,29-,30-,31-,34-/m0/s1. The van der Waals surface area contributed by atoms with Gasteiger partial charge in [-0.05, 0) is 60.9 Å². The van der Waals surface area contributed by atoms with E-state index in [1.54, 1.807) is 0 Å².